The number of carbonyl (C=O) groups excluding carboxylic acids is 1. The third-order valence-corrected chi connectivity index (χ3v) is 3.16. The highest BCUT2D eigenvalue weighted by Gasteiger charge is 2.05. The molecule has 1 amide bonds. The molecule has 1 N–H and O–H groups in total. The van der Waals surface area contributed by atoms with E-state index >= 15 is 0 Å². The SMILES string of the molecule is N#Cc1ccc(/C=N/NC(=O)c2ccc(-n3cnnn3)cc2)cc1. The zero-order valence-electron chi connectivity index (χ0n) is 12.4. The molecule has 3 aromatic rings. The van der Waals surface area contributed by atoms with E-state index < -0.39 is 0 Å². The standard InChI is InChI=1S/C16H11N7O/c17-9-12-1-3-13(4-2-12)10-18-20-16(24)14-5-7-15(8-6-14)23-11-19-21-22-23/h1-8,10-11H,(H,20,24)/b18-10+. The van der Waals surface area contributed by atoms with Gasteiger partial charge in [0.2, 0.25) is 0 Å². The monoisotopic (exact) mass is 317 g/mol. The van der Waals surface area contributed by atoms with E-state index in [0.29, 0.717) is 11.1 Å². The molecule has 0 unspecified atom stereocenters. The average Bonchev–Trinajstić information content (AvgIpc) is 3.17. The Morgan fingerprint density at radius 1 is 1.17 bits per heavy atom. The molecule has 1 aromatic heterocycles. The van der Waals surface area contributed by atoms with Gasteiger partial charge < -0.3 is 0 Å². The van der Waals surface area contributed by atoms with Crippen LogP contribution in [-0.2, 0) is 0 Å². The van der Waals surface area contributed by atoms with E-state index in [0.717, 1.165) is 11.3 Å². The van der Waals surface area contributed by atoms with Gasteiger partial charge in [0.25, 0.3) is 5.91 Å². The van der Waals surface area contributed by atoms with E-state index in [9.17, 15) is 4.79 Å². The molecular formula is C16H11N7O. The van der Waals surface area contributed by atoms with Crippen LogP contribution < -0.4 is 5.43 Å². The second-order valence-corrected chi connectivity index (χ2v) is 4.73. The number of nitrogens with one attached hydrogen (secondary N) is 1. The molecule has 0 bridgehead atoms. The number of hydrogen-bond acceptors (Lipinski definition) is 6. The summed E-state index contributed by atoms with van der Waals surface area (Å²) in [5.74, 6) is -0.330. The molecule has 0 fully saturated rings. The van der Waals surface area contributed by atoms with Crippen LogP contribution in [-0.4, -0.2) is 32.3 Å². The number of amides is 1. The van der Waals surface area contributed by atoms with Gasteiger partial charge in [0.15, 0.2) is 0 Å². The van der Waals surface area contributed by atoms with Crippen LogP contribution in [0.15, 0.2) is 60.0 Å². The Hall–Kier alpha value is -3.86. The fourth-order valence-corrected chi connectivity index (χ4v) is 1.92. The fourth-order valence-electron chi connectivity index (χ4n) is 1.92. The number of nitriles is 1. The fraction of sp³-hybridized carbons (Fsp3) is 0. The summed E-state index contributed by atoms with van der Waals surface area (Å²) in [5, 5.41) is 23.5. The average molecular weight is 317 g/mol. The van der Waals surface area contributed by atoms with Crippen molar-refractivity contribution in [1.29, 1.82) is 5.26 Å². The second kappa shape index (κ2) is 6.93. The Kier molecular flexibility index (Phi) is 4.35. The maximum absolute atomic E-state index is 12.0. The Balaban J connectivity index is 1.62. The van der Waals surface area contributed by atoms with Crippen molar-refractivity contribution >= 4 is 12.1 Å². The highest BCUT2D eigenvalue weighted by molar-refractivity contribution is 5.95. The van der Waals surface area contributed by atoms with Crippen molar-refractivity contribution in [3.8, 4) is 11.8 Å². The lowest BCUT2D eigenvalue weighted by molar-refractivity contribution is 0.0955. The first-order valence-electron chi connectivity index (χ1n) is 6.93. The van der Waals surface area contributed by atoms with Crippen molar-refractivity contribution in [1.82, 2.24) is 25.6 Å². The molecule has 3 rings (SSSR count). The molecule has 0 aliphatic heterocycles. The van der Waals surface area contributed by atoms with Crippen molar-refractivity contribution < 1.29 is 4.79 Å². The first-order valence-corrected chi connectivity index (χ1v) is 6.93. The first-order chi connectivity index (χ1) is 11.8. The summed E-state index contributed by atoms with van der Waals surface area (Å²) in [7, 11) is 0. The topological polar surface area (TPSA) is 109 Å². The molecule has 1 heterocycles. The highest BCUT2D eigenvalue weighted by atomic mass is 16.2. The van der Waals surface area contributed by atoms with Crippen LogP contribution in [0, 0.1) is 11.3 Å². The van der Waals surface area contributed by atoms with Gasteiger partial charge in [0, 0.05) is 5.56 Å². The van der Waals surface area contributed by atoms with Gasteiger partial charge >= 0.3 is 0 Å². The number of aromatic nitrogens is 4. The number of benzene rings is 2. The normalized spacial score (nSPS) is 10.5. The molecule has 0 atom stereocenters. The molecule has 0 saturated heterocycles. The largest absolute Gasteiger partial charge is 0.271 e. The summed E-state index contributed by atoms with van der Waals surface area (Å²) in [5.41, 5.74) is 5.01. The van der Waals surface area contributed by atoms with Gasteiger partial charge in [0.05, 0.1) is 23.5 Å². The smallest absolute Gasteiger partial charge is 0.267 e. The van der Waals surface area contributed by atoms with Gasteiger partial charge in [-0.2, -0.15) is 10.4 Å². The second-order valence-electron chi connectivity index (χ2n) is 4.73. The summed E-state index contributed by atoms with van der Waals surface area (Å²) in [4.78, 5) is 12.0. The van der Waals surface area contributed by atoms with E-state index in [1.165, 1.54) is 17.2 Å². The molecule has 0 spiro atoms. The minimum atomic E-state index is -0.330. The Bertz CT molecular complexity index is 891. The molecular weight excluding hydrogens is 306 g/mol. The van der Waals surface area contributed by atoms with Crippen molar-refractivity contribution in [2.45, 2.75) is 0 Å². The molecule has 24 heavy (non-hydrogen) atoms. The first kappa shape index (κ1) is 15.1. The Morgan fingerprint density at radius 2 is 1.92 bits per heavy atom. The summed E-state index contributed by atoms with van der Waals surface area (Å²) in [6.07, 6.45) is 2.98. The van der Waals surface area contributed by atoms with Crippen LogP contribution in [0.25, 0.3) is 5.69 Å². The van der Waals surface area contributed by atoms with Gasteiger partial charge in [-0.05, 0) is 52.4 Å². The molecule has 2 aromatic carbocycles. The van der Waals surface area contributed by atoms with Gasteiger partial charge in [-0.25, -0.2) is 10.1 Å². The lowest BCUT2D eigenvalue weighted by atomic mass is 10.2. The van der Waals surface area contributed by atoms with Crippen LogP contribution in [0.4, 0.5) is 0 Å². The number of tetrazole rings is 1. The van der Waals surface area contributed by atoms with Gasteiger partial charge in [0.1, 0.15) is 6.33 Å². The van der Waals surface area contributed by atoms with Crippen LogP contribution in [0.2, 0.25) is 0 Å². The van der Waals surface area contributed by atoms with Gasteiger partial charge in [-0.3, -0.25) is 4.79 Å². The zero-order chi connectivity index (χ0) is 16.8. The van der Waals surface area contributed by atoms with Crippen molar-refractivity contribution in [2.75, 3.05) is 0 Å². The maximum atomic E-state index is 12.0. The van der Waals surface area contributed by atoms with Crippen LogP contribution >= 0.6 is 0 Å². The third-order valence-electron chi connectivity index (χ3n) is 3.16. The number of carbonyl (C=O) groups is 1. The Morgan fingerprint density at radius 3 is 2.54 bits per heavy atom. The lowest BCUT2D eigenvalue weighted by Gasteiger charge is -2.02. The molecule has 0 radical (unpaired) electrons. The van der Waals surface area contributed by atoms with Crippen molar-refractivity contribution in [3.63, 3.8) is 0 Å². The van der Waals surface area contributed by atoms with Crippen LogP contribution in [0.1, 0.15) is 21.5 Å². The van der Waals surface area contributed by atoms with Crippen molar-refractivity contribution in [3.05, 3.63) is 71.5 Å². The van der Waals surface area contributed by atoms with E-state index in [2.05, 4.69) is 26.1 Å². The van der Waals surface area contributed by atoms with E-state index in [1.54, 1.807) is 48.5 Å². The van der Waals surface area contributed by atoms with E-state index in [4.69, 9.17) is 5.26 Å². The summed E-state index contributed by atoms with van der Waals surface area (Å²) in [6, 6.07) is 15.7. The molecule has 0 saturated carbocycles. The predicted molar refractivity (Wildman–Crippen MR) is 85.4 cm³/mol. The van der Waals surface area contributed by atoms with Crippen LogP contribution in [0.3, 0.4) is 0 Å². The van der Waals surface area contributed by atoms with Gasteiger partial charge in [-0.1, -0.05) is 12.1 Å². The molecule has 0 aliphatic rings. The van der Waals surface area contributed by atoms with E-state index in [1.807, 2.05) is 6.07 Å². The molecule has 8 nitrogen and oxygen atoms in total. The van der Waals surface area contributed by atoms with Crippen molar-refractivity contribution in [2.24, 2.45) is 5.10 Å². The predicted octanol–water partition coefficient (Wildman–Crippen LogP) is 1.30. The third kappa shape index (κ3) is 3.48. The minimum absolute atomic E-state index is 0.330. The quantitative estimate of drug-likeness (QED) is 0.576. The number of hydrazone groups is 1. The number of rotatable bonds is 4. The van der Waals surface area contributed by atoms with Gasteiger partial charge in [-0.15, -0.1) is 5.10 Å². The summed E-state index contributed by atoms with van der Waals surface area (Å²) >= 11 is 0. The summed E-state index contributed by atoms with van der Waals surface area (Å²) in [6.45, 7) is 0. The molecule has 0 aliphatic carbocycles. The highest BCUT2D eigenvalue weighted by Crippen LogP contribution is 2.07. The number of nitrogens with zero attached hydrogens (tertiary/aromatic N) is 6. The van der Waals surface area contributed by atoms with Crippen LogP contribution in [0.5, 0.6) is 0 Å². The minimum Gasteiger partial charge on any atom is -0.267 e. The maximum Gasteiger partial charge on any atom is 0.271 e. The number of hydrogen-bond donors (Lipinski definition) is 1. The zero-order valence-corrected chi connectivity index (χ0v) is 12.4. The summed E-state index contributed by atoms with van der Waals surface area (Å²) < 4.78 is 1.49. The lowest BCUT2D eigenvalue weighted by Crippen LogP contribution is -2.17. The Labute approximate surface area is 137 Å². The molecule has 8 heteroatoms. The van der Waals surface area contributed by atoms with E-state index in [-0.39, 0.29) is 5.91 Å². The molecule has 116 valence electrons.